The molecular formula is C7H15NO3S. The molecule has 4 nitrogen and oxygen atoms in total. The van der Waals surface area contributed by atoms with Gasteiger partial charge in [0.1, 0.15) is 0 Å². The molecule has 0 aliphatic carbocycles. The first-order valence-corrected chi connectivity index (χ1v) is 5.37. The zero-order chi connectivity index (χ0) is 8.97. The van der Waals surface area contributed by atoms with Crippen LogP contribution in [0.25, 0.3) is 0 Å². The lowest BCUT2D eigenvalue weighted by molar-refractivity contribution is 0.0311. The summed E-state index contributed by atoms with van der Waals surface area (Å²) in [5.41, 5.74) is 0. The highest BCUT2D eigenvalue weighted by molar-refractivity contribution is 7.69. The van der Waals surface area contributed by atoms with Gasteiger partial charge in [0, 0.05) is 12.6 Å². The average molecular weight is 193 g/mol. The Kier molecular flexibility index (Phi) is 3.97. The van der Waals surface area contributed by atoms with Crippen molar-refractivity contribution in [2.24, 2.45) is 0 Å². The fourth-order valence-corrected chi connectivity index (χ4v) is 2.12. The Labute approximate surface area is 74.6 Å². The van der Waals surface area contributed by atoms with Crippen LogP contribution in [0.1, 0.15) is 19.8 Å². The zero-order valence-corrected chi connectivity index (χ0v) is 8.13. The molecule has 1 aliphatic rings. The van der Waals surface area contributed by atoms with Gasteiger partial charge in [-0.1, -0.05) is 13.3 Å². The lowest BCUT2D eigenvalue weighted by Crippen LogP contribution is -2.44. The van der Waals surface area contributed by atoms with Crippen LogP contribution in [-0.4, -0.2) is 38.5 Å². The van der Waals surface area contributed by atoms with Gasteiger partial charge >= 0.3 is 0 Å². The van der Waals surface area contributed by atoms with Gasteiger partial charge in [0.15, 0.2) is 0 Å². The molecule has 1 fully saturated rings. The molecule has 0 aromatic carbocycles. The molecule has 1 heterocycles. The summed E-state index contributed by atoms with van der Waals surface area (Å²) < 4.78 is 28.2. The molecule has 0 aromatic rings. The molecule has 1 aliphatic heterocycles. The van der Waals surface area contributed by atoms with Gasteiger partial charge in [-0.05, 0) is 6.42 Å². The highest BCUT2D eigenvalue weighted by Gasteiger charge is 2.23. The molecule has 0 amide bonds. The van der Waals surface area contributed by atoms with Crippen molar-refractivity contribution < 1.29 is 13.2 Å². The van der Waals surface area contributed by atoms with Gasteiger partial charge in [0.2, 0.25) is 10.9 Å². The highest BCUT2D eigenvalue weighted by Crippen LogP contribution is 2.11. The lowest BCUT2D eigenvalue weighted by atomic mass is 10.1. The van der Waals surface area contributed by atoms with Gasteiger partial charge in [0.25, 0.3) is 0 Å². The van der Waals surface area contributed by atoms with E-state index < -0.39 is 10.9 Å². The van der Waals surface area contributed by atoms with Crippen LogP contribution in [-0.2, 0) is 15.6 Å². The summed E-state index contributed by atoms with van der Waals surface area (Å²) in [6.07, 6.45) is 1.89. The molecule has 0 radical (unpaired) electrons. The van der Waals surface area contributed by atoms with Crippen LogP contribution in [0.5, 0.6) is 0 Å². The molecule has 0 saturated carbocycles. The Balaban J connectivity index is 2.54. The number of hydrogen-bond acceptors (Lipinski definition) is 3. The second-order valence-electron chi connectivity index (χ2n) is 2.92. The summed E-state index contributed by atoms with van der Waals surface area (Å²) in [7, 11) is -2.42. The molecule has 0 bridgehead atoms. The SMILES string of the molecule is CCCC1COCCN1[SH](=O)=O. The maximum Gasteiger partial charge on any atom is 0.204 e. The van der Waals surface area contributed by atoms with E-state index in [1.807, 2.05) is 6.92 Å². The first-order valence-electron chi connectivity index (χ1n) is 4.24. The third-order valence-corrected chi connectivity index (χ3v) is 2.97. The van der Waals surface area contributed by atoms with E-state index >= 15 is 0 Å². The summed E-state index contributed by atoms with van der Waals surface area (Å²) in [6, 6.07) is 0.0739. The molecule has 1 saturated heterocycles. The first-order chi connectivity index (χ1) is 5.75. The number of hydrogen-bond donors (Lipinski definition) is 1. The summed E-state index contributed by atoms with van der Waals surface area (Å²) >= 11 is 0. The van der Waals surface area contributed by atoms with Crippen molar-refractivity contribution in [3.05, 3.63) is 0 Å². The van der Waals surface area contributed by atoms with Crippen LogP contribution in [0.4, 0.5) is 0 Å². The average Bonchev–Trinajstić information content (AvgIpc) is 2.05. The van der Waals surface area contributed by atoms with Gasteiger partial charge in [-0.3, -0.25) is 0 Å². The fourth-order valence-electron chi connectivity index (χ4n) is 1.43. The molecule has 1 unspecified atom stereocenters. The maximum atomic E-state index is 10.7. The van der Waals surface area contributed by atoms with Crippen LogP contribution >= 0.6 is 0 Å². The Morgan fingerprint density at radius 1 is 1.58 bits per heavy atom. The first kappa shape index (κ1) is 9.95. The molecule has 1 atom stereocenters. The van der Waals surface area contributed by atoms with E-state index in [4.69, 9.17) is 4.74 Å². The molecule has 5 heteroatoms. The molecule has 0 aromatic heterocycles. The Bertz CT molecular complexity index is 195. The van der Waals surface area contributed by atoms with Crippen molar-refractivity contribution in [1.82, 2.24) is 4.31 Å². The monoisotopic (exact) mass is 193 g/mol. The smallest absolute Gasteiger partial charge is 0.204 e. The van der Waals surface area contributed by atoms with Crippen molar-refractivity contribution in [1.29, 1.82) is 0 Å². The minimum Gasteiger partial charge on any atom is -0.378 e. The predicted octanol–water partition coefficient (Wildman–Crippen LogP) is 0.0137. The Morgan fingerprint density at radius 3 is 2.92 bits per heavy atom. The van der Waals surface area contributed by atoms with E-state index in [0.29, 0.717) is 19.8 Å². The number of ether oxygens (including phenoxy) is 1. The van der Waals surface area contributed by atoms with E-state index in [1.165, 1.54) is 4.31 Å². The Hall–Kier alpha value is -0.130. The second-order valence-corrected chi connectivity index (χ2v) is 3.91. The molecule has 0 spiro atoms. The highest BCUT2D eigenvalue weighted by atomic mass is 32.2. The maximum absolute atomic E-state index is 10.7. The van der Waals surface area contributed by atoms with Gasteiger partial charge in [0.05, 0.1) is 13.2 Å². The summed E-state index contributed by atoms with van der Waals surface area (Å²) in [4.78, 5) is 0. The van der Waals surface area contributed by atoms with Gasteiger partial charge < -0.3 is 4.74 Å². The molecule has 0 N–H and O–H groups in total. The van der Waals surface area contributed by atoms with E-state index in [0.717, 1.165) is 12.8 Å². The molecular weight excluding hydrogens is 178 g/mol. The van der Waals surface area contributed by atoms with Crippen LogP contribution in [0, 0.1) is 0 Å². The fraction of sp³-hybridized carbons (Fsp3) is 1.00. The van der Waals surface area contributed by atoms with Crippen molar-refractivity contribution in [2.45, 2.75) is 25.8 Å². The van der Waals surface area contributed by atoms with Crippen molar-refractivity contribution >= 4 is 10.9 Å². The molecule has 72 valence electrons. The number of morpholine rings is 1. The van der Waals surface area contributed by atoms with Crippen LogP contribution in [0.15, 0.2) is 0 Å². The lowest BCUT2D eigenvalue weighted by Gasteiger charge is -2.30. The van der Waals surface area contributed by atoms with Crippen LogP contribution < -0.4 is 0 Å². The second kappa shape index (κ2) is 4.79. The molecule has 1 rings (SSSR count). The number of thiol groups is 1. The minimum absolute atomic E-state index is 0.0739. The standard InChI is InChI=1S/C7H15NO3S/c1-2-3-7-6-11-5-4-8(7)12(9)10/h7,12H,2-6H2,1H3. The number of nitrogens with zero attached hydrogens (tertiary/aromatic N) is 1. The topological polar surface area (TPSA) is 46.6 Å². The largest absolute Gasteiger partial charge is 0.378 e. The van der Waals surface area contributed by atoms with E-state index in [-0.39, 0.29) is 6.04 Å². The molecule has 12 heavy (non-hydrogen) atoms. The summed E-state index contributed by atoms with van der Waals surface area (Å²) in [5, 5.41) is 0. The van der Waals surface area contributed by atoms with Crippen molar-refractivity contribution in [2.75, 3.05) is 19.8 Å². The Morgan fingerprint density at radius 2 is 2.33 bits per heavy atom. The van der Waals surface area contributed by atoms with E-state index in [9.17, 15) is 8.42 Å². The number of rotatable bonds is 3. The quantitative estimate of drug-likeness (QED) is 0.642. The zero-order valence-electron chi connectivity index (χ0n) is 7.23. The van der Waals surface area contributed by atoms with E-state index in [1.54, 1.807) is 0 Å². The summed E-state index contributed by atoms with van der Waals surface area (Å²) in [5.74, 6) is 0. The normalized spacial score (nSPS) is 26.3. The summed E-state index contributed by atoms with van der Waals surface area (Å²) in [6.45, 7) is 3.65. The third-order valence-electron chi connectivity index (χ3n) is 2.03. The van der Waals surface area contributed by atoms with Crippen LogP contribution in [0.3, 0.4) is 0 Å². The van der Waals surface area contributed by atoms with Gasteiger partial charge in [-0.25, -0.2) is 8.42 Å². The van der Waals surface area contributed by atoms with Gasteiger partial charge in [-0.2, -0.15) is 4.31 Å². The van der Waals surface area contributed by atoms with Crippen LogP contribution in [0.2, 0.25) is 0 Å². The van der Waals surface area contributed by atoms with Gasteiger partial charge in [-0.15, -0.1) is 0 Å². The predicted molar refractivity (Wildman–Crippen MR) is 46.5 cm³/mol. The minimum atomic E-state index is -2.42. The van der Waals surface area contributed by atoms with E-state index in [2.05, 4.69) is 0 Å². The van der Waals surface area contributed by atoms with Crippen molar-refractivity contribution in [3.63, 3.8) is 0 Å². The third kappa shape index (κ3) is 2.43. The van der Waals surface area contributed by atoms with Crippen molar-refractivity contribution in [3.8, 4) is 0 Å².